The molecule has 0 aliphatic rings. The van der Waals surface area contributed by atoms with Crippen molar-refractivity contribution in [2.45, 2.75) is 38.0 Å². The van der Waals surface area contributed by atoms with Gasteiger partial charge in [0.2, 0.25) is 0 Å². The van der Waals surface area contributed by atoms with E-state index in [2.05, 4.69) is 5.32 Å². The summed E-state index contributed by atoms with van der Waals surface area (Å²) in [4.78, 5) is 12.3. The number of amides is 1. The Hall–Kier alpha value is -2.57. The van der Waals surface area contributed by atoms with Crippen molar-refractivity contribution in [1.29, 1.82) is 0 Å². The van der Waals surface area contributed by atoms with E-state index >= 15 is 0 Å². The summed E-state index contributed by atoms with van der Waals surface area (Å²) in [5.74, 6) is 1.72. The van der Waals surface area contributed by atoms with Crippen LogP contribution in [-0.4, -0.2) is 16.2 Å². The van der Waals surface area contributed by atoms with Crippen molar-refractivity contribution < 1.29 is 18.2 Å². The number of carbonyl (C=O) groups is 1. The van der Waals surface area contributed by atoms with Crippen molar-refractivity contribution in [1.82, 2.24) is 5.32 Å². The molecule has 1 amide bonds. The third-order valence-electron chi connectivity index (χ3n) is 4.21. The molecule has 5 nitrogen and oxygen atoms in total. The molecule has 2 aromatic carbocycles. The second kappa shape index (κ2) is 10.5. The Balaban J connectivity index is 1.50. The Morgan fingerprint density at radius 2 is 1.80 bits per heavy atom. The second-order valence-corrected chi connectivity index (χ2v) is 8.94. The maximum Gasteiger partial charge on any atom is 0.287 e. The lowest BCUT2D eigenvalue weighted by Crippen LogP contribution is -2.22. The Morgan fingerprint density at radius 3 is 2.50 bits per heavy atom. The van der Waals surface area contributed by atoms with E-state index in [9.17, 15) is 9.00 Å². The summed E-state index contributed by atoms with van der Waals surface area (Å²) in [6.45, 7) is 4.31. The molecule has 1 heterocycles. The molecule has 1 aromatic heterocycles. The first-order valence-corrected chi connectivity index (χ1v) is 11.5. The molecule has 30 heavy (non-hydrogen) atoms. The maximum absolute atomic E-state index is 12.4. The molecule has 0 saturated carbocycles. The van der Waals surface area contributed by atoms with Crippen LogP contribution in [-0.2, 0) is 28.9 Å². The van der Waals surface area contributed by atoms with E-state index < -0.39 is 10.8 Å². The lowest BCUT2D eigenvalue weighted by Gasteiger charge is -2.10. The van der Waals surface area contributed by atoms with Gasteiger partial charge < -0.3 is 14.5 Å². The van der Waals surface area contributed by atoms with Crippen molar-refractivity contribution >= 4 is 28.3 Å². The minimum absolute atomic E-state index is 0.114. The first-order valence-electron chi connectivity index (χ1n) is 9.61. The molecule has 0 spiro atoms. The number of carbonyl (C=O) groups excluding carboxylic acids is 1. The lowest BCUT2D eigenvalue weighted by atomic mass is 10.2. The Morgan fingerprint density at radius 1 is 1.07 bits per heavy atom. The van der Waals surface area contributed by atoms with Crippen LogP contribution in [0.1, 0.15) is 41.3 Å². The molecule has 3 aromatic rings. The highest BCUT2D eigenvalue weighted by Gasteiger charge is 2.14. The molecular formula is C23H24ClNO4S. The standard InChI is InChI=1S/C23H24ClNO4S/c1-16(2)28-19-9-7-17(8-10-19)13-25-23(26)22-12-11-20(29-22)15-30(27)14-18-5-3-4-6-21(18)24/h3-12,16H,13-15H2,1-2H3,(H,25,26)/t30-/m1/s1. The van der Waals surface area contributed by atoms with Crippen molar-refractivity contribution in [3.8, 4) is 5.75 Å². The zero-order valence-corrected chi connectivity index (χ0v) is 18.5. The van der Waals surface area contributed by atoms with Crippen LogP contribution in [0.5, 0.6) is 5.75 Å². The third kappa shape index (κ3) is 6.47. The highest BCUT2D eigenvalue weighted by molar-refractivity contribution is 7.83. The number of nitrogens with one attached hydrogen (secondary N) is 1. The highest BCUT2D eigenvalue weighted by Crippen LogP contribution is 2.19. The van der Waals surface area contributed by atoms with Crippen LogP contribution in [0.3, 0.4) is 0 Å². The van der Waals surface area contributed by atoms with Gasteiger partial charge in [0.15, 0.2) is 5.76 Å². The molecule has 0 saturated heterocycles. The topological polar surface area (TPSA) is 68.5 Å². The van der Waals surface area contributed by atoms with Crippen molar-refractivity contribution in [2.75, 3.05) is 0 Å². The predicted molar refractivity (Wildman–Crippen MR) is 119 cm³/mol. The van der Waals surface area contributed by atoms with E-state index in [1.54, 1.807) is 18.2 Å². The molecule has 0 fully saturated rings. The fraction of sp³-hybridized carbons (Fsp3) is 0.261. The Kier molecular flexibility index (Phi) is 7.71. The van der Waals surface area contributed by atoms with Crippen LogP contribution in [0.15, 0.2) is 65.1 Å². The van der Waals surface area contributed by atoms with E-state index in [0.717, 1.165) is 16.9 Å². The quantitative estimate of drug-likeness (QED) is 0.497. The summed E-state index contributed by atoms with van der Waals surface area (Å²) in [5.41, 5.74) is 1.78. The molecule has 158 valence electrons. The monoisotopic (exact) mass is 445 g/mol. The number of benzene rings is 2. The smallest absolute Gasteiger partial charge is 0.287 e. The summed E-state index contributed by atoms with van der Waals surface area (Å²) in [7, 11) is -1.19. The number of rotatable bonds is 9. The minimum Gasteiger partial charge on any atom is -0.491 e. The zero-order chi connectivity index (χ0) is 21.5. The normalized spacial score (nSPS) is 12.0. The maximum atomic E-state index is 12.4. The molecule has 0 bridgehead atoms. The van der Waals surface area contributed by atoms with Gasteiger partial charge in [-0.1, -0.05) is 41.9 Å². The molecule has 0 aliphatic carbocycles. The van der Waals surface area contributed by atoms with E-state index in [1.807, 2.05) is 56.3 Å². The van der Waals surface area contributed by atoms with Gasteiger partial charge in [-0.15, -0.1) is 0 Å². The van der Waals surface area contributed by atoms with E-state index in [4.69, 9.17) is 20.8 Å². The average molecular weight is 446 g/mol. The molecular weight excluding hydrogens is 422 g/mol. The van der Waals surface area contributed by atoms with Gasteiger partial charge in [0.25, 0.3) is 5.91 Å². The van der Waals surface area contributed by atoms with Gasteiger partial charge in [-0.2, -0.15) is 0 Å². The fourth-order valence-corrected chi connectivity index (χ4v) is 4.26. The second-order valence-electron chi connectivity index (χ2n) is 7.08. The van der Waals surface area contributed by atoms with Gasteiger partial charge in [-0.25, -0.2) is 0 Å². The molecule has 3 rings (SSSR count). The number of ether oxygens (including phenoxy) is 1. The predicted octanol–water partition coefficient (Wildman–Crippen LogP) is 5.10. The first kappa shape index (κ1) is 22.1. The number of furan rings is 1. The minimum atomic E-state index is -1.19. The molecule has 1 atom stereocenters. The SMILES string of the molecule is CC(C)Oc1ccc(CNC(=O)c2ccc(C[S@](=O)Cc3ccccc3Cl)o2)cc1. The van der Waals surface area contributed by atoms with Crippen LogP contribution in [0, 0.1) is 0 Å². The molecule has 0 radical (unpaired) electrons. The highest BCUT2D eigenvalue weighted by atomic mass is 35.5. The van der Waals surface area contributed by atoms with Crippen molar-refractivity contribution in [2.24, 2.45) is 0 Å². The summed E-state index contributed by atoms with van der Waals surface area (Å²) >= 11 is 6.12. The summed E-state index contributed by atoms with van der Waals surface area (Å²) in [5, 5.41) is 3.41. The van der Waals surface area contributed by atoms with Crippen molar-refractivity contribution in [3.63, 3.8) is 0 Å². The van der Waals surface area contributed by atoms with Crippen LogP contribution in [0.25, 0.3) is 0 Å². The van der Waals surface area contributed by atoms with Gasteiger partial charge >= 0.3 is 0 Å². The summed E-state index contributed by atoms with van der Waals surface area (Å²) in [6.07, 6.45) is 0.114. The Bertz CT molecular complexity index is 1010. The van der Waals surface area contributed by atoms with E-state index in [0.29, 0.717) is 23.1 Å². The van der Waals surface area contributed by atoms with Gasteiger partial charge in [-0.05, 0) is 55.3 Å². The van der Waals surface area contributed by atoms with Gasteiger partial charge in [-0.3, -0.25) is 9.00 Å². The van der Waals surface area contributed by atoms with Crippen LogP contribution >= 0.6 is 11.6 Å². The number of hydrogen-bond donors (Lipinski definition) is 1. The van der Waals surface area contributed by atoms with E-state index in [-0.39, 0.29) is 23.5 Å². The van der Waals surface area contributed by atoms with Gasteiger partial charge in [0.05, 0.1) is 17.6 Å². The largest absolute Gasteiger partial charge is 0.491 e. The number of hydrogen-bond acceptors (Lipinski definition) is 4. The van der Waals surface area contributed by atoms with Gasteiger partial charge in [0.1, 0.15) is 11.5 Å². The van der Waals surface area contributed by atoms with E-state index in [1.165, 1.54) is 0 Å². The van der Waals surface area contributed by atoms with Gasteiger partial charge in [0, 0.05) is 22.4 Å². The summed E-state index contributed by atoms with van der Waals surface area (Å²) in [6, 6.07) is 18.2. The third-order valence-corrected chi connectivity index (χ3v) is 5.82. The first-order chi connectivity index (χ1) is 14.4. The number of halogens is 1. The van der Waals surface area contributed by atoms with Crippen LogP contribution < -0.4 is 10.1 Å². The molecule has 0 unspecified atom stereocenters. The Labute approximate surface area is 183 Å². The lowest BCUT2D eigenvalue weighted by molar-refractivity contribution is 0.0921. The molecule has 0 aliphatic heterocycles. The van der Waals surface area contributed by atoms with Crippen LogP contribution in [0.2, 0.25) is 5.02 Å². The molecule has 7 heteroatoms. The fourth-order valence-electron chi connectivity index (χ4n) is 2.80. The van der Waals surface area contributed by atoms with Crippen molar-refractivity contribution in [3.05, 3.63) is 88.3 Å². The molecule has 1 N–H and O–H groups in total. The average Bonchev–Trinajstić information content (AvgIpc) is 3.17. The summed E-state index contributed by atoms with van der Waals surface area (Å²) < 4.78 is 23.6. The van der Waals surface area contributed by atoms with Crippen LogP contribution in [0.4, 0.5) is 0 Å². The zero-order valence-electron chi connectivity index (χ0n) is 16.9.